The Labute approximate surface area is 129 Å². The van der Waals surface area contributed by atoms with Gasteiger partial charge in [-0.3, -0.25) is 4.72 Å². The molecule has 0 unspecified atom stereocenters. The first-order valence-electron chi connectivity index (χ1n) is 6.38. The number of aryl methyl sites for hydroxylation is 1. The predicted octanol–water partition coefficient (Wildman–Crippen LogP) is 3.33. The van der Waals surface area contributed by atoms with E-state index in [1.165, 1.54) is 7.11 Å². The molecule has 0 aliphatic heterocycles. The van der Waals surface area contributed by atoms with Gasteiger partial charge in [-0.1, -0.05) is 41.9 Å². The van der Waals surface area contributed by atoms with Crippen molar-refractivity contribution in [3.63, 3.8) is 0 Å². The van der Waals surface area contributed by atoms with Crippen LogP contribution in [0.25, 0.3) is 0 Å². The molecule has 2 rings (SSSR count). The maximum atomic E-state index is 12.1. The summed E-state index contributed by atoms with van der Waals surface area (Å²) >= 11 is 6.02. The van der Waals surface area contributed by atoms with E-state index >= 15 is 0 Å². The molecule has 0 aliphatic rings. The molecule has 112 valence electrons. The van der Waals surface area contributed by atoms with Crippen molar-refractivity contribution >= 4 is 27.3 Å². The molecule has 2 aromatic carbocycles. The third kappa shape index (κ3) is 4.65. The highest BCUT2D eigenvalue weighted by Gasteiger charge is 2.13. The molecule has 21 heavy (non-hydrogen) atoms. The van der Waals surface area contributed by atoms with E-state index in [-0.39, 0.29) is 5.75 Å². The summed E-state index contributed by atoms with van der Waals surface area (Å²) in [5, 5.41) is 0.303. The van der Waals surface area contributed by atoms with Crippen LogP contribution in [0.4, 0.5) is 5.69 Å². The van der Waals surface area contributed by atoms with Crippen molar-refractivity contribution in [1.82, 2.24) is 0 Å². The molecule has 0 fully saturated rings. The standard InChI is InChI=1S/C15H16ClNO3S/c1-20-13-7-8-15(14(16)11-13)17-21(18,19)10-9-12-5-3-2-4-6-12/h2-8,11,17H,9-10H2,1H3. The second-order valence-corrected chi connectivity index (χ2v) is 6.75. The Balaban J connectivity index is 2.04. The predicted molar refractivity (Wildman–Crippen MR) is 85.6 cm³/mol. The van der Waals surface area contributed by atoms with E-state index in [0.29, 0.717) is 22.9 Å². The van der Waals surface area contributed by atoms with Crippen LogP contribution in [0, 0.1) is 0 Å². The molecule has 0 saturated carbocycles. The summed E-state index contributed by atoms with van der Waals surface area (Å²) in [5.74, 6) is 0.576. The minimum atomic E-state index is -3.45. The first-order chi connectivity index (χ1) is 10.00. The average Bonchev–Trinajstić information content (AvgIpc) is 2.48. The van der Waals surface area contributed by atoms with Crippen LogP contribution in [0.15, 0.2) is 48.5 Å². The molecule has 2 aromatic rings. The summed E-state index contributed by atoms with van der Waals surface area (Å²) in [7, 11) is -1.93. The lowest BCUT2D eigenvalue weighted by molar-refractivity contribution is 0.415. The Bertz CT molecular complexity index is 702. The van der Waals surface area contributed by atoms with Gasteiger partial charge >= 0.3 is 0 Å². The Morgan fingerprint density at radius 3 is 2.48 bits per heavy atom. The van der Waals surface area contributed by atoms with Gasteiger partial charge in [0.15, 0.2) is 0 Å². The number of ether oxygens (including phenoxy) is 1. The fourth-order valence-electron chi connectivity index (χ4n) is 1.82. The molecule has 1 N–H and O–H groups in total. The van der Waals surface area contributed by atoms with Crippen molar-refractivity contribution < 1.29 is 13.2 Å². The third-order valence-electron chi connectivity index (χ3n) is 2.94. The van der Waals surface area contributed by atoms with Gasteiger partial charge in [-0.15, -0.1) is 0 Å². The maximum absolute atomic E-state index is 12.1. The largest absolute Gasteiger partial charge is 0.497 e. The minimum Gasteiger partial charge on any atom is -0.497 e. The van der Waals surface area contributed by atoms with Gasteiger partial charge in [-0.05, 0) is 24.1 Å². The number of rotatable bonds is 6. The topological polar surface area (TPSA) is 55.4 Å². The number of anilines is 1. The lowest BCUT2D eigenvalue weighted by Crippen LogP contribution is -2.18. The lowest BCUT2D eigenvalue weighted by Gasteiger charge is -2.10. The SMILES string of the molecule is COc1ccc(NS(=O)(=O)CCc2ccccc2)c(Cl)c1. The van der Waals surface area contributed by atoms with Crippen molar-refractivity contribution in [1.29, 1.82) is 0 Å². The molecule has 0 bridgehead atoms. The molecule has 0 radical (unpaired) electrons. The molecule has 0 heterocycles. The van der Waals surface area contributed by atoms with Crippen LogP contribution in [0.2, 0.25) is 5.02 Å². The van der Waals surface area contributed by atoms with Crippen LogP contribution < -0.4 is 9.46 Å². The molecule has 0 aromatic heterocycles. The smallest absolute Gasteiger partial charge is 0.233 e. The van der Waals surface area contributed by atoms with E-state index in [0.717, 1.165) is 5.56 Å². The second kappa shape index (κ2) is 6.83. The average molecular weight is 326 g/mol. The van der Waals surface area contributed by atoms with E-state index in [1.807, 2.05) is 30.3 Å². The van der Waals surface area contributed by atoms with Gasteiger partial charge in [0.25, 0.3) is 0 Å². The number of hydrogen-bond donors (Lipinski definition) is 1. The summed E-state index contributed by atoms with van der Waals surface area (Å²) in [6.07, 6.45) is 0.448. The molecule has 0 saturated heterocycles. The Hall–Kier alpha value is -1.72. The number of methoxy groups -OCH3 is 1. The third-order valence-corrected chi connectivity index (χ3v) is 4.53. The summed E-state index contributed by atoms with van der Waals surface area (Å²) in [6, 6.07) is 14.3. The monoisotopic (exact) mass is 325 g/mol. The molecule has 0 spiro atoms. The van der Waals surface area contributed by atoms with Crippen LogP contribution in [0.5, 0.6) is 5.75 Å². The first kappa shape index (κ1) is 15.7. The molecular weight excluding hydrogens is 310 g/mol. The fraction of sp³-hybridized carbons (Fsp3) is 0.200. The van der Waals surface area contributed by atoms with Crippen LogP contribution in [0.1, 0.15) is 5.56 Å². The Morgan fingerprint density at radius 1 is 1.14 bits per heavy atom. The van der Waals surface area contributed by atoms with Crippen LogP contribution in [-0.4, -0.2) is 21.3 Å². The number of hydrogen-bond acceptors (Lipinski definition) is 3. The lowest BCUT2D eigenvalue weighted by atomic mass is 10.2. The second-order valence-electron chi connectivity index (χ2n) is 4.50. The van der Waals surface area contributed by atoms with Gasteiger partial charge in [0, 0.05) is 6.07 Å². The highest BCUT2D eigenvalue weighted by molar-refractivity contribution is 7.92. The van der Waals surface area contributed by atoms with Gasteiger partial charge < -0.3 is 4.74 Å². The van der Waals surface area contributed by atoms with E-state index in [4.69, 9.17) is 16.3 Å². The van der Waals surface area contributed by atoms with Crippen molar-refractivity contribution in [2.75, 3.05) is 17.6 Å². The number of nitrogens with one attached hydrogen (secondary N) is 1. The fourth-order valence-corrected chi connectivity index (χ4v) is 3.21. The van der Waals surface area contributed by atoms with Crippen LogP contribution >= 0.6 is 11.6 Å². The summed E-state index contributed by atoms with van der Waals surface area (Å²) < 4.78 is 31.7. The van der Waals surface area contributed by atoms with Gasteiger partial charge in [0.2, 0.25) is 10.0 Å². The van der Waals surface area contributed by atoms with E-state index in [9.17, 15) is 8.42 Å². The maximum Gasteiger partial charge on any atom is 0.233 e. The molecule has 0 aliphatic carbocycles. The molecule has 4 nitrogen and oxygen atoms in total. The van der Waals surface area contributed by atoms with Crippen LogP contribution in [-0.2, 0) is 16.4 Å². The zero-order valence-electron chi connectivity index (χ0n) is 11.5. The summed E-state index contributed by atoms with van der Waals surface area (Å²) in [6.45, 7) is 0. The van der Waals surface area contributed by atoms with Crippen molar-refractivity contribution in [2.45, 2.75) is 6.42 Å². The molecule has 0 atom stereocenters. The zero-order chi connectivity index (χ0) is 15.3. The zero-order valence-corrected chi connectivity index (χ0v) is 13.1. The summed E-state index contributed by atoms with van der Waals surface area (Å²) in [4.78, 5) is 0. The molecular formula is C15H16ClNO3S. The Kier molecular flexibility index (Phi) is 5.09. The normalized spacial score (nSPS) is 11.1. The van der Waals surface area contributed by atoms with Gasteiger partial charge in [0.05, 0.1) is 23.6 Å². The number of sulfonamides is 1. The van der Waals surface area contributed by atoms with Gasteiger partial charge in [-0.2, -0.15) is 0 Å². The highest BCUT2D eigenvalue weighted by Crippen LogP contribution is 2.27. The van der Waals surface area contributed by atoms with E-state index in [2.05, 4.69) is 4.72 Å². The van der Waals surface area contributed by atoms with Crippen molar-refractivity contribution in [2.24, 2.45) is 0 Å². The van der Waals surface area contributed by atoms with E-state index in [1.54, 1.807) is 18.2 Å². The quantitative estimate of drug-likeness (QED) is 0.886. The van der Waals surface area contributed by atoms with Gasteiger partial charge in [0.1, 0.15) is 5.75 Å². The van der Waals surface area contributed by atoms with Gasteiger partial charge in [-0.25, -0.2) is 8.42 Å². The van der Waals surface area contributed by atoms with Crippen molar-refractivity contribution in [3.8, 4) is 5.75 Å². The number of benzene rings is 2. The molecule has 0 amide bonds. The minimum absolute atomic E-state index is 0.000624. The van der Waals surface area contributed by atoms with Crippen LogP contribution in [0.3, 0.4) is 0 Å². The van der Waals surface area contributed by atoms with E-state index < -0.39 is 10.0 Å². The molecule has 6 heteroatoms. The highest BCUT2D eigenvalue weighted by atomic mass is 35.5. The first-order valence-corrected chi connectivity index (χ1v) is 8.41. The number of halogens is 1. The Morgan fingerprint density at radius 2 is 1.86 bits per heavy atom. The summed E-state index contributed by atoms with van der Waals surface area (Å²) in [5.41, 5.74) is 1.33. The van der Waals surface area contributed by atoms with Crippen molar-refractivity contribution in [3.05, 3.63) is 59.1 Å².